The van der Waals surface area contributed by atoms with Crippen LogP contribution in [0.5, 0.6) is 0 Å². The molecule has 0 fully saturated rings. The fraction of sp³-hybridized carbons (Fsp3) is 0.286. The van der Waals surface area contributed by atoms with Crippen LogP contribution >= 0.6 is 0 Å². The van der Waals surface area contributed by atoms with Gasteiger partial charge in [-0.1, -0.05) is 12.1 Å². The van der Waals surface area contributed by atoms with Gasteiger partial charge in [-0.3, -0.25) is 9.59 Å². The molecule has 1 heterocycles. The molecule has 0 atom stereocenters. The zero-order valence-electron chi connectivity index (χ0n) is 10.7. The molecule has 1 aromatic carbocycles. The number of ether oxygens (including phenoxy) is 1. The van der Waals surface area contributed by atoms with Crippen molar-refractivity contribution in [2.45, 2.75) is 20.4 Å². The van der Waals surface area contributed by atoms with Gasteiger partial charge in [-0.15, -0.1) is 0 Å². The van der Waals surface area contributed by atoms with Crippen molar-refractivity contribution in [3.8, 4) is 0 Å². The quantitative estimate of drug-likeness (QED) is 0.758. The molecule has 0 unspecified atom stereocenters. The standard InChI is InChI=1S/C14H15NO3/c1-9-5-4-6-11-13(9)15(8-12(16)18-3)7-10(2)14(11)17/h4-7H,8H2,1-3H3. The molecule has 4 nitrogen and oxygen atoms in total. The summed E-state index contributed by atoms with van der Waals surface area (Å²) in [6.07, 6.45) is 1.70. The molecule has 4 heteroatoms. The summed E-state index contributed by atoms with van der Waals surface area (Å²) in [5.74, 6) is -0.331. The van der Waals surface area contributed by atoms with E-state index >= 15 is 0 Å². The van der Waals surface area contributed by atoms with Gasteiger partial charge in [0, 0.05) is 17.1 Å². The van der Waals surface area contributed by atoms with Crippen molar-refractivity contribution >= 4 is 16.9 Å². The second-order valence-electron chi connectivity index (χ2n) is 4.32. The summed E-state index contributed by atoms with van der Waals surface area (Å²) in [5.41, 5.74) is 2.39. The van der Waals surface area contributed by atoms with Crippen molar-refractivity contribution in [2.75, 3.05) is 7.11 Å². The first kappa shape index (κ1) is 12.4. The molecule has 0 spiro atoms. The van der Waals surface area contributed by atoms with Crippen molar-refractivity contribution < 1.29 is 9.53 Å². The Morgan fingerprint density at radius 3 is 2.67 bits per heavy atom. The highest BCUT2D eigenvalue weighted by atomic mass is 16.5. The summed E-state index contributed by atoms with van der Waals surface area (Å²) >= 11 is 0. The van der Waals surface area contributed by atoms with Crippen LogP contribution in [0.25, 0.3) is 10.9 Å². The van der Waals surface area contributed by atoms with E-state index in [1.54, 1.807) is 23.8 Å². The SMILES string of the molecule is COC(=O)Cn1cc(C)c(=O)c2cccc(C)c21. The Hall–Kier alpha value is -2.10. The van der Waals surface area contributed by atoms with Crippen molar-refractivity contribution in [1.29, 1.82) is 0 Å². The lowest BCUT2D eigenvalue weighted by Crippen LogP contribution is -2.18. The van der Waals surface area contributed by atoms with E-state index in [0.717, 1.165) is 11.1 Å². The number of methoxy groups -OCH3 is 1. The number of esters is 1. The van der Waals surface area contributed by atoms with Crippen LogP contribution in [0.2, 0.25) is 0 Å². The Labute approximate surface area is 105 Å². The number of aryl methyl sites for hydroxylation is 2. The van der Waals surface area contributed by atoms with Crippen molar-refractivity contribution in [3.05, 3.63) is 45.7 Å². The normalized spacial score (nSPS) is 10.6. The number of benzene rings is 1. The third-order valence-corrected chi connectivity index (χ3v) is 3.00. The first-order chi connectivity index (χ1) is 8.54. The minimum Gasteiger partial charge on any atom is -0.468 e. The van der Waals surface area contributed by atoms with Crippen LogP contribution in [0.15, 0.2) is 29.2 Å². The molecule has 0 amide bonds. The topological polar surface area (TPSA) is 48.3 Å². The van der Waals surface area contributed by atoms with Gasteiger partial charge in [0.15, 0.2) is 5.43 Å². The van der Waals surface area contributed by atoms with Crippen LogP contribution in [0, 0.1) is 13.8 Å². The predicted molar refractivity (Wildman–Crippen MR) is 69.7 cm³/mol. The van der Waals surface area contributed by atoms with Crippen LogP contribution in [0.3, 0.4) is 0 Å². The minimum atomic E-state index is -0.331. The van der Waals surface area contributed by atoms with E-state index in [2.05, 4.69) is 4.74 Å². The van der Waals surface area contributed by atoms with Crippen LogP contribution < -0.4 is 5.43 Å². The predicted octanol–water partition coefficient (Wildman–Crippen LogP) is 1.79. The van der Waals surface area contributed by atoms with E-state index in [1.165, 1.54) is 7.11 Å². The summed E-state index contributed by atoms with van der Waals surface area (Å²) in [4.78, 5) is 23.5. The van der Waals surface area contributed by atoms with E-state index in [-0.39, 0.29) is 17.9 Å². The van der Waals surface area contributed by atoms with E-state index in [9.17, 15) is 9.59 Å². The van der Waals surface area contributed by atoms with Gasteiger partial charge < -0.3 is 9.30 Å². The van der Waals surface area contributed by atoms with Gasteiger partial charge >= 0.3 is 5.97 Å². The number of aromatic nitrogens is 1. The van der Waals surface area contributed by atoms with Crippen LogP contribution in [0.4, 0.5) is 0 Å². The summed E-state index contributed by atoms with van der Waals surface area (Å²) in [5, 5.41) is 0.638. The summed E-state index contributed by atoms with van der Waals surface area (Å²) in [6, 6.07) is 5.55. The number of fused-ring (bicyclic) bond motifs is 1. The van der Waals surface area contributed by atoms with Gasteiger partial charge in [0.1, 0.15) is 6.54 Å². The highest BCUT2D eigenvalue weighted by Gasteiger charge is 2.10. The molecule has 0 saturated heterocycles. The molecule has 0 saturated carbocycles. The van der Waals surface area contributed by atoms with E-state index in [0.29, 0.717) is 10.9 Å². The fourth-order valence-electron chi connectivity index (χ4n) is 2.12. The summed E-state index contributed by atoms with van der Waals surface area (Å²) in [6.45, 7) is 3.78. The molecule has 2 aromatic rings. The van der Waals surface area contributed by atoms with Gasteiger partial charge in [0.25, 0.3) is 0 Å². The Morgan fingerprint density at radius 2 is 2.00 bits per heavy atom. The first-order valence-corrected chi connectivity index (χ1v) is 5.70. The Balaban J connectivity index is 2.77. The lowest BCUT2D eigenvalue weighted by atomic mass is 10.1. The van der Waals surface area contributed by atoms with Crippen molar-refractivity contribution in [1.82, 2.24) is 4.57 Å². The molecule has 1 aromatic heterocycles. The van der Waals surface area contributed by atoms with Gasteiger partial charge in [0.05, 0.1) is 12.6 Å². The highest BCUT2D eigenvalue weighted by molar-refractivity contribution is 5.84. The molecule has 0 N–H and O–H groups in total. The average Bonchev–Trinajstić information content (AvgIpc) is 2.35. The molecule has 2 rings (SSSR count). The van der Waals surface area contributed by atoms with Crippen molar-refractivity contribution in [2.24, 2.45) is 0 Å². The van der Waals surface area contributed by atoms with Crippen molar-refractivity contribution in [3.63, 3.8) is 0 Å². The fourth-order valence-corrected chi connectivity index (χ4v) is 2.12. The number of hydrogen-bond donors (Lipinski definition) is 0. The third kappa shape index (κ3) is 2.01. The maximum Gasteiger partial charge on any atom is 0.325 e. The molecule has 0 aliphatic carbocycles. The Morgan fingerprint density at radius 1 is 1.28 bits per heavy atom. The van der Waals surface area contributed by atoms with E-state index in [4.69, 9.17) is 0 Å². The molecule has 0 aliphatic rings. The number of pyridine rings is 1. The number of carbonyl (C=O) groups excluding carboxylic acids is 1. The van der Waals surface area contributed by atoms with E-state index in [1.807, 2.05) is 19.1 Å². The summed E-state index contributed by atoms with van der Waals surface area (Å²) in [7, 11) is 1.35. The number of para-hydroxylation sites is 1. The lowest BCUT2D eigenvalue weighted by Gasteiger charge is -2.13. The average molecular weight is 245 g/mol. The Bertz CT molecular complexity index is 671. The maximum atomic E-state index is 12.1. The second-order valence-corrected chi connectivity index (χ2v) is 4.32. The van der Waals surface area contributed by atoms with Gasteiger partial charge in [-0.2, -0.15) is 0 Å². The largest absolute Gasteiger partial charge is 0.468 e. The van der Waals surface area contributed by atoms with Crippen LogP contribution in [0.1, 0.15) is 11.1 Å². The molecule has 94 valence electrons. The zero-order valence-corrected chi connectivity index (χ0v) is 10.7. The highest BCUT2D eigenvalue weighted by Crippen LogP contribution is 2.16. The minimum absolute atomic E-state index is 0.00909. The lowest BCUT2D eigenvalue weighted by molar-refractivity contribution is -0.141. The summed E-state index contributed by atoms with van der Waals surface area (Å²) < 4.78 is 6.45. The van der Waals surface area contributed by atoms with Crippen LogP contribution in [-0.2, 0) is 16.1 Å². The first-order valence-electron chi connectivity index (χ1n) is 5.70. The molecular formula is C14H15NO3. The number of rotatable bonds is 2. The number of hydrogen-bond acceptors (Lipinski definition) is 3. The maximum absolute atomic E-state index is 12.1. The molecule has 18 heavy (non-hydrogen) atoms. The smallest absolute Gasteiger partial charge is 0.325 e. The zero-order chi connectivity index (χ0) is 13.3. The number of nitrogens with zero attached hydrogens (tertiary/aromatic N) is 1. The van der Waals surface area contributed by atoms with Crippen LogP contribution in [-0.4, -0.2) is 17.6 Å². The molecule has 0 radical (unpaired) electrons. The van der Waals surface area contributed by atoms with E-state index < -0.39 is 0 Å². The molecule has 0 aliphatic heterocycles. The molecular weight excluding hydrogens is 230 g/mol. The Kier molecular flexibility index (Phi) is 3.19. The number of carbonyl (C=O) groups is 1. The monoisotopic (exact) mass is 245 g/mol. The second kappa shape index (κ2) is 4.64. The van der Waals surface area contributed by atoms with Gasteiger partial charge in [-0.05, 0) is 25.5 Å². The van der Waals surface area contributed by atoms with Gasteiger partial charge in [-0.25, -0.2) is 0 Å². The van der Waals surface area contributed by atoms with Gasteiger partial charge in [0.2, 0.25) is 0 Å². The molecule has 0 bridgehead atoms. The third-order valence-electron chi connectivity index (χ3n) is 3.00.